The highest BCUT2D eigenvalue weighted by molar-refractivity contribution is 8.01. The van der Waals surface area contributed by atoms with Crippen LogP contribution in [0.3, 0.4) is 0 Å². The fraction of sp³-hybridized carbons (Fsp3) is 0.414. The summed E-state index contributed by atoms with van der Waals surface area (Å²) in [5, 5.41) is 6.01. The fourth-order valence-electron chi connectivity index (χ4n) is 5.02. The summed E-state index contributed by atoms with van der Waals surface area (Å²) in [5.74, 6) is 1.38. The standard InChI is InChI=1S/C29H35N3O3S/c1-4-34-23-14-15-24-26(16-23)32(22-6-5-7-22)28(27(24)25(30)17-36-3)20-10-12-21(13-11-20)31-29(33)35-18(2)19-8-9-19/h10-19,22H,4-9,30H2,1-3H3,(H,31,33)/b25-17-. The van der Waals surface area contributed by atoms with E-state index in [4.69, 9.17) is 15.2 Å². The Morgan fingerprint density at radius 2 is 1.94 bits per heavy atom. The van der Waals surface area contributed by atoms with Gasteiger partial charge in [0.1, 0.15) is 11.9 Å². The first-order valence-electron chi connectivity index (χ1n) is 12.9. The van der Waals surface area contributed by atoms with Crippen molar-refractivity contribution in [3.05, 3.63) is 53.4 Å². The van der Waals surface area contributed by atoms with Crippen LogP contribution < -0.4 is 15.8 Å². The molecule has 5 rings (SSSR count). The largest absolute Gasteiger partial charge is 0.494 e. The summed E-state index contributed by atoms with van der Waals surface area (Å²) in [6, 6.07) is 14.7. The zero-order valence-electron chi connectivity index (χ0n) is 21.3. The number of nitrogens with two attached hydrogens (primary N) is 1. The van der Waals surface area contributed by atoms with Crippen LogP contribution in [0.4, 0.5) is 10.5 Å². The number of thioether (sulfide) groups is 1. The Balaban J connectivity index is 1.55. The zero-order chi connectivity index (χ0) is 25.2. The molecule has 36 heavy (non-hydrogen) atoms. The molecule has 6 nitrogen and oxygen atoms in total. The molecule has 2 saturated carbocycles. The third kappa shape index (κ3) is 4.94. The molecule has 1 aromatic heterocycles. The van der Waals surface area contributed by atoms with E-state index in [2.05, 4.69) is 34.1 Å². The molecule has 1 atom stereocenters. The maximum Gasteiger partial charge on any atom is 0.411 e. The topological polar surface area (TPSA) is 78.5 Å². The highest BCUT2D eigenvalue weighted by Crippen LogP contribution is 2.45. The molecule has 0 spiro atoms. The van der Waals surface area contributed by atoms with Gasteiger partial charge in [-0.25, -0.2) is 4.79 Å². The third-order valence-electron chi connectivity index (χ3n) is 7.24. The number of nitrogens with one attached hydrogen (secondary N) is 1. The lowest BCUT2D eigenvalue weighted by Crippen LogP contribution is -2.21. The van der Waals surface area contributed by atoms with Crippen molar-refractivity contribution in [2.24, 2.45) is 11.7 Å². The maximum atomic E-state index is 12.3. The van der Waals surface area contributed by atoms with Gasteiger partial charge < -0.3 is 19.8 Å². The first-order valence-corrected chi connectivity index (χ1v) is 14.2. The number of carbonyl (C=O) groups is 1. The quantitative estimate of drug-likeness (QED) is 0.317. The second-order valence-corrected chi connectivity index (χ2v) is 10.5. The molecule has 0 saturated heterocycles. The molecule has 0 radical (unpaired) electrons. The van der Waals surface area contributed by atoms with Crippen molar-refractivity contribution < 1.29 is 14.3 Å². The van der Waals surface area contributed by atoms with Crippen LogP contribution in [0.25, 0.3) is 27.9 Å². The van der Waals surface area contributed by atoms with Gasteiger partial charge in [-0.3, -0.25) is 5.32 Å². The molecule has 2 aliphatic carbocycles. The van der Waals surface area contributed by atoms with E-state index in [0.29, 0.717) is 24.3 Å². The minimum absolute atomic E-state index is 0.0437. The molecule has 3 aromatic rings. The molecule has 1 heterocycles. The summed E-state index contributed by atoms with van der Waals surface area (Å²) < 4.78 is 13.8. The number of fused-ring (bicyclic) bond motifs is 1. The van der Waals surface area contributed by atoms with Gasteiger partial charge in [0.25, 0.3) is 0 Å². The number of benzene rings is 2. The molecule has 190 valence electrons. The summed E-state index contributed by atoms with van der Waals surface area (Å²) in [4.78, 5) is 12.3. The molecule has 7 heteroatoms. The summed E-state index contributed by atoms with van der Waals surface area (Å²) in [5.41, 5.74) is 12.5. The lowest BCUT2D eigenvalue weighted by molar-refractivity contribution is 0.108. The normalized spacial score (nSPS) is 17.0. The first kappa shape index (κ1) is 24.6. The molecule has 2 fully saturated rings. The number of amides is 1. The van der Waals surface area contributed by atoms with E-state index in [1.165, 1.54) is 6.42 Å². The number of aromatic nitrogens is 1. The van der Waals surface area contributed by atoms with E-state index in [1.54, 1.807) is 11.8 Å². The summed E-state index contributed by atoms with van der Waals surface area (Å²) >= 11 is 1.60. The Labute approximate surface area is 217 Å². The Kier molecular flexibility index (Phi) is 7.19. The molecular weight excluding hydrogens is 470 g/mol. The van der Waals surface area contributed by atoms with Crippen molar-refractivity contribution in [2.75, 3.05) is 18.2 Å². The Morgan fingerprint density at radius 1 is 1.19 bits per heavy atom. The second kappa shape index (κ2) is 10.5. The van der Waals surface area contributed by atoms with Gasteiger partial charge in [-0.05, 0) is 93.4 Å². The minimum Gasteiger partial charge on any atom is -0.494 e. The molecule has 1 unspecified atom stereocenters. The number of hydrogen-bond donors (Lipinski definition) is 2. The molecule has 0 bridgehead atoms. The first-order chi connectivity index (χ1) is 17.5. The highest BCUT2D eigenvalue weighted by atomic mass is 32.2. The van der Waals surface area contributed by atoms with Crippen LogP contribution in [0.2, 0.25) is 0 Å². The second-order valence-electron chi connectivity index (χ2n) is 9.75. The van der Waals surface area contributed by atoms with Crippen molar-refractivity contribution in [3.63, 3.8) is 0 Å². The van der Waals surface area contributed by atoms with Crippen molar-refractivity contribution in [1.82, 2.24) is 4.57 Å². The SMILES string of the molecule is CCOc1ccc2c(/C(N)=C/SC)c(-c3ccc(NC(=O)OC(C)C4CC4)cc3)n(C3CCC3)c2c1. The predicted molar refractivity (Wildman–Crippen MR) is 149 cm³/mol. The fourth-order valence-corrected chi connectivity index (χ4v) is 5.39. The van der Waals surface area contributed by atoms with Crippen LogP contribution in [-0.2, 0) is 4.74 Å². The average molecular weight is 506 g/mol. The van der Waals surface area contributed by atoms with Gasteiger partial charge in [-0.2, -0.15) is 0 Å². The van der Waals surface area contributed by atoms with Crippen LogP contribution in [0, 0.1) is 5.92 Å². The number of ether oxygens (including phenoxy) is 2. The van der Waals surface area contributed by atoms with Crippen molar-refractivity contribution in [1.29, 1.82) is 0 Å². The van der Waals surface area contributed by atoms with Gasteiger partial charge in [-0.1, -0.05) is 12.1 Å². The average Bonchev–Trinajstić information content (AvgIpc) is 3.63. The molecular formula is C29H35N3O3S. The Morgan fingerprint density at radius 3 is 2.56 bits per heavy atom. The summed E-state index contributed by atoms with van der Waals surface area (Å²) in [6.07, 6.45) is 7.37. The molecule has 1 amide bonds. The highest BCUT2D eigenvalue weighted by Gasteiger charge is 2.31. The summed E-state index contributed by atoms with van der Waals surface area (Å²) in [7, 11) is 0. The number of carbonyl (C=O) groups excluding carboxylic acids is 1. The van der Waals surface area contributed by atoms with Crippen LogP contribution >= 0.6 is 11.8 Å². The smallest absolute Gasteiger partial charge is 0.411 e. The Hall–Kier alpha value is -3.06. The van der Waals surface area contributed by atoms with E-state index in [-0.39, 0.29) is 6.10 Å². The monoisotopic (exact) mass is 505 g/mol. The molecule has 2 aromatic carbocycles. The van der Waals surface area contributed by atoms with E-state index in [0.717, 1.165) is 64.9 Å². The number of anilines is 1. The van der Waals surface area contributed by atoms with E-state index in [9.17, 15) is 4.79 Å². The summed E-state index contributed by atoms with van der Waals surface area (Å²) in [6.45, 7) is 4.59. The van der Waals surface area contributed by atoms with Gasteiger partial charge in [0.05, 0.1) is 17.8 Å². The van der Waals surface area contributed by atoms with Crippen molar-refractivity contribution in [2.45, 2.75) is 58.1 Å². The van der Waals surface area contributed by atoms with E-state index in [1.807, 2.05) is 43.7 Å². The van der Waals surface area contributed by atoms with Gasteiger partial charge in [0.2, 0.25) is 0 Å². The molecule has 2 aliphatic rings. The maximum absolute atomic E-state index is 12.3. The van der Waals surface area contributed by atoms with E-state index >= 15 is 0 Å². The number of rotatable bonds is 9. The van der Waals surface area contributed by atoms with E-state index < -0.39 is 6.09 Å². The van der Waals surface area contributed by atoms with Gasteiger partial charge in [-0.15, -0.1) is 11.8 Å². The van der Waals surface area contributed by atoms with Gasteiger partial charge in [0, 0.05) is 34.4 Å². The van der Waals surface area contributed by atoms with Crippen LogP contribution in [0.15, 0.2) is 47.9 Å². The third-order valence-corrected chi connectivity index (χ3v) is 7.73. The minimum atomic E-state index is -0.401. The van der Waals surface area contributed by atoms with Crippen LogP contribution in [0.1, 0.15) is 57.6 Å². The predicted octanol–water partition coefficient (Wildman–Crippen LogP) is 7.40. The zero-order valence-corrected chi connectivity index (χ0v) is 22.1. The van der Waals surface area contributed by atoms with Crippen molar-refractivity contribution >= 4 is 40.1 Å². The molecule has 0 aliphatic heterocycles. The molecule has 3 N–H and O–H groups in total. The van der Waals surface area contributed by atoms with Crippen LogP contribution in [-0.4, -0.2) is 29.6 Å². The van der Waals surface area contributed by atoms with Gasteiger partial charge in [0.15, 0.2) is 0 Å². The van der Waals surface area contributed by atoms with Crippen molar-refractivity contribution in [3.8, 4) is 17.0 Å². The Bertz CT molecular complexity index is 1270. The van der Waals surface area contributed by atoms with Gasteiger partial charge >= 0.3 is 6.09 Å². The lowest BCUT2D eigenvalue weighted by Gasteiger charge is -2.30. The van der Waals surface area contributed by atoms with Crippen LogP contribution in [0.5, 0.6) is 5.75 Å². The number of nitrogens with zero attached hydrogens (tertiary/aromatic N) is 1. The number of hydrogen-bond acceptors (Lipinski definition) is 5. The lowest BCUT2D eigenvalue weighted by atomic mass is 9.92.